The second-order valence-corrected chi connectivity index (χ2v) is 7.19. The molecule has 0 radical (unpaired) electrons. The van der Waals surface area contributed by atoms with Crippen LogP contribution in [-0.2, 0) is 11.3 Å². The first-order valence-corrected chi connectivity index (χ1v) is 9.32. The van der Waals surface area contributed by atoms with Gasteiger partial charge in [-0.1, -0.05) is 17.8 Å². The molecule has 1 atom stereocenters. The predicted molar refractivity (Wildman–Crippen MR) is 89.3 cm³/mol. The van der Waals surface area contributed by atoms with Crippen molar-refractivity contribution in [2.24, 2.45) is 5.92 Å². The van der Waals surface area contributed by atoms with Crippen molar-refractivity contribution in [1.29, 1.82) is 0 Å². The van der Waals surface area contributed by atoms with E-state index in [2.05, 4.69) is 26.7 Å². The molecule has 1 N–H and O–H groups in total. The second kappa shape index (κ2) is 8.13. The molecule has 2 aliphatic heterocycles. The minimum absolute atomic E-state index is 0.534. The van der Waals surface area contributed by atoms with E-state index in [1.54, 1.807) is 0 Å². The van der Waals surface area contributed by atoms with E-state index in [4.69, 9.17) is 4.74 Å². The molecule has 0 bridgehead atoms. The lowest BCUT2D eigenvalue weighted by Gasteiger charge is -2.22. The Hall–Kier alpha value is -0.850. The Balaban J connectivity index is 1.62. The van der Waals surface area contributed by atoms with E-state index < -0.39 is 0 Å². The van der Waals surface area contributed by atoms with Crippen LogP contribution in [0.4, 0.5) is 0 Å². The third-order valence-corrected chi connectivity index (χ3v) is 5.54. The number of thioether (sulfide) groups is 1. The van der Waals surface area contributed by atoms with Gasteiger partial charge >= 0.3 is 0 Å². The summed E-state index contributed by atoms with van der Waals surface area (Å²) in [6.45, 7) is 8.72. The number of ether oxygens (including phenoxy) is 1. The van der Waals surface area contributed by atoms with E-state index in [1.165, 1.54) is 12.8 Å². The Labute approximate surface area is 136 Å². The zero-order valence-corrected chi connectivity index (χ0v) is 14.0. The highest BCUT2D eigenvalue weighted by molar-refractivity contribution is 7.99. The lowest BCUT2D eigenvalue weighted by atomic mass is 9.97. The average Bonchev–Trinajstić information content (AvgIpc) is 3.19. The normalized spacial score (nSPS) is 23.0. The molecule has 1 aromatic rings. The van der Waals surface area contributed by atoms with Crippen LogP contribution in [0, 0.1) is 5.92 Å². The molecule has 22 heavy (non-hydrogen) atoms. The van der Waals surface area contributed by atoms with Gasteiger partial charge in [0, 0.05) is 31.4 Å². The molecule has 0 saturated carbocycles. The van der Waals surface area contributed by atoms with Gasteiger partial charge in [-0.3, -0.25) is 0 Å². The maximum absolute atomic E-state index is 5.44. The lowest BCUT2D eigenvalue weighted by molar-refractivity contribution is 0.185. The van der Waals surface area contributed by atoms with Crippen LogP contribution < -0.4 is 5.32 Å². The van der Waals surface area contributed by atoms with Crippen molar-refractivity contribution in [3.05, 3.63) is 18.5 Å². The minimum Gasteiger partial charge on any atom is -0.381 e. The SMILES string of the molecule is C=CCn1c(SCCC2CCOC2)nnc1C1CCNCC1. The molecule has 2 aliphatic rings. The average molecular weight is 322 g/mol. The van der Waals surface area contributed by atoms with Gasteiger partial charge in [0.2, 0.25) is 0 Å². The second-order valence-electron chi connectivity index (χ2n) is 6.13. The Bertz CT molecular complexity index is 478. The van der Waals surface area contributed by atoms with Crippen molar-refractivity contribution in [3.8, 4) is 0 Å². The van der Waals surface area contributed by atoms with Crippen molar-refractivity contribution in [2.45, 2.75) is 43.3 Å². The highest BCUT2D eigenvalue weighted by atomic mass is 32.2. The number of hydrogen-bond acceptors (Lipinski definition) is 5. The van der Waals surface area contributed by atoms with Crippen LogP contribution >= 0.6 is 11.8 Å². The van der Waals surface area contributed by atoms with Gasteiger partial charge in [0.15, 0.2) is 5.16 Å². The minimum atomic E-state index is 0.534. The summed E-state index contributed by atoms with van der Waals surface area (Å²) in [4.78, 5) is 0. The number of aromatic nitrogens is 3. The number of allylic oxidation sites excluding steroid dienone is 1. The molecule has 0 aliphatic carbocycles. The molecule has 2 saturated heterocycles. The van der Waals surface area contributed by atoms with Crippen molar-refractivity contribution in [1.82, 2.24) is 20.1 Å². The van der Waals surface area contributed by atoms with Crippen LogP contribution in [0.5, 0.6) is 0 Å². The molecule has 0 aromatic carbocycles. The van der Waals surface area contributed by atoms with Gasteiger partial charge in [-0.05, 0) is 44.7 Å². The van der Waals surface area contributed by atoms with Gasteiger partial charge in [0.1, 0.15) is 5.82 Å². The van der Waals surface area contributed by atoms with E-state index >= 15 is 0 Å². The standard InChI is InChI=1S/C16H26N4OS/c1-2-9-20-15(14-3-7-17-8-4-14)18-19-16(20)22-11-6-13-5-10-21-12-13/h2,13-14,17H,1,3-12H2. The van der Waals surface area contributed by atoms with E-state index in [0.717, 1.165) is 68.3 Å². The smallest absolute Gasteiger partial charge is 0.191 e. The number of rotatable bonds is 7. The van der Waals surface area contributed by atoms with Crippen LogP contribution in [0.3, 0.4) is 0 Å². The van der Waals surface area contributed by atoms with Crippen LogP contribution in [0.15, 0.2) is 17.8 Å². The fourth-order valence-electron chi connectivity index (χ4n) is 3.22. The molecule has 1 aromatic heterocycles. The highest BCUT2D eigenvalue weighted by Crippen LogP contribution is 2.28. The van der Waals surface area contributed by atoms with Gasteiger partial charge in [-0.15, -0.1) is 16.8 Å². The molecule has 2 fully saturated rings. The van der Waals surface area contributed by atoms with Crippen molar-refractivity contribution in [2.75, 3.05) is 32.1 Å². The summed E-state index contributed by atoms with van der Waals surface area (Å²) >= 11 is 1.83. The number of nitrogens with one attached hydrogen (secondary N) is 1. The molecule has 6 heteroatoms. The zero-order valence-electron chi connectivity index (χ0n) is 13.2. The monoisotopic (exact) mass is 322 g/mol. The van der Waals surface area contributed by atoms with Gasteiger partial charge < -0.3 is 14.6 Å². The van der Waals surface area contributed by atoms with Crippen molar-refractivity contribution in [3.63, 3.8) is 0 Å². The predicted octanol–water partition coefficient (Wildman–Crippen LogP) is 2.45. The van der Waals surface area contributed by atoms with Gasteiger partial charge in [-0.2, -0.15) is 0 Å². The van der Waals surface area contributed by atoms with Gasteiger partial charge in [-0.25, -0.2) is 0 Å². The number of nitrogens with zero attached hydrogens (tertiary/aromatic N) is 3. The Kier molecular flexibility index (Phi) is 5.92. The lowest BCUT2D eigenvalue weighted by Crippen LogP contribution is -2.28. The Morgan fingerprint density at radius 3 is 2.91 bits per heavy atom. The first-order valence-electron chi connectivity index (χ1n) is 8.33. The summed E-state index contributed by atoms with van der Waals surface area (Å²) in [6, 6.07) is 0. The van der Waals surface area contributed by atoms with Crippen LogP contribution in [0.1, 0.15) is 37.4 Å². The van der Waals surface area contributed by atoms with Gasteiger partial charge in [0.25, 0.3) is 0 Å². The van der Waals surface area contributed by atoms with E-state index in [9.17, 15) is 0 Å². The quantitative estimate of drug-likeness (QED) is 0.617. The van der Waals surface area contributed by atoms with E-state index in [-0.39, 0.29) is 0 Å². The third kappa shape index (κ3) is 3.91. The topological polar surface area (TPSA) is 52.0 Å². The molecule has 0 amide bonds. The van der Waals surface area contributed by atoms with E-state index in [1.807, 2.05) is 17.8 Å². The maximum atomic E-state index is 5.44. The largest absolute Gasteiger partial charge is 0.381 e. The fourth-order valence-corrected chi connectivity index (χ4v) is 4.27. The Morgan fingerprint density at radius 1 is 1.32 bits per heavy atom. The summed E-state index contributed by atoms with van der Waals surface area (Å²) in [6.07, 6.45) is 6.66. The Morgan fingerprint density at radius 2 is 2.18 bits per heavy atom. The molecule has 3 rings (SSSR count). The highest BCUT2D eigenvalue weighted by Gasteiger charge is 2.23. The molecule has 1 unspecified atom stereocenters. The summed E-state index contributed by atoms with van der Waals surface area (Å²) in [5, 5.41) is 13.4. The van der Waals surface area contributed by atoms with Crippen LogP contribution in [0.2, 0.25) is 0 Å². The number of hydrogen-bond donors (Lipinski definition) is 1. The molecule has 5 nitrogen and oxygen atoms in total. The summed E-state index contributed by atoms with van der Waals surface area (Å²) < 4.78 is 7.71. The molecular weight excluding hydrogens is 296 g/mol. The molecule has 3 heterocycles. The first kappa shape index (κ1) is 16.0. The van der Waals surface area contributed by atoms with Gasteiger partial charge in [0.05, 0.1) is 0 Å². The fraction of sp³-hybridized carbons (Fsp3) is 0.750. The third-order valence-electron chi connectivity index (χ3n) is 4.54. The van der Waals surface area contributed by atoms with Crippen molar-refractivity contribution < 1.29 is 4.74 Å². The molecule has 0 spiro atoms. The first-order chi connectivity index (χ1) is 10.9. The summed E-state index contributed by atoms with van der Waals surface area (Å²) in [7, 11) is 0. The van der Waals surface area contributed by atoms with Crippen LogP contribution in [-0.4, -0.2) is 46.8 Å². The van der Waals surface area contributed by atoms with Crippen LogP contribution in [0.25, 0.3) is 0 Å². The summed E-state index contributed by atoms with van der Waals surface area (Å²) in [5.41, 5.74) is 0. The molecular formula is C16H26N4OS. The molecule has 122 valence electrons. The number of piperidine rings is 1. The zero-order chi connectivity index (χ0) is 15.2. The summed E-state index contributed by atoms with van der Waals surface area (Å²) in [5.74, 6) is 3.50. The van der Waals surface area contributed by atoms with Crippen molar-refractivity contribution >= 4 is 11.8 Å². The maximum Gasteiger partial charge on any atom is 0.191 e. The van der Waals surface area contributed by atoms with E-state index in [0.29, 0.717) is 5.92 Å².